The summed E-state index contributed by atoms with van der Waals surface area (Å²) in [5, 5.41) is 23.3. The van der Waals surface area contributed by atoms with Crippen LogP contribution in [0.4, 0.5) is 4.79 Å². The van der Waals surface area contributed by atoms with E-state index in [0.29, 0.717) is 0 Å². The highest BCUT2D eigenvalue weighted by Crippen LogP contribution is 2.44. The largest absolute Gasteiger partial charge is 0.480 e. The average Bonchev–Trinajstić information content (AvgIpc) is 2.97. The lowest BCUT2D eigenvalue weighted by molar-refractivity contribution is -0.139. The first-order chi connectivity index (χ1) is 13.0. The summed E-state index contributed by atoms with van der Waals surface area (Å²) < 4.78 is 5.32. The number of amides is 1. The van der Waals surface area contributed by atoms with Gasteiger partial charge in [-0.05, 0) is 29.2 Å². The topological polar surface area (TPSA) is 108 Å². The highest BCUT2D eigenvalue weighted by molar-refractivity contribution is 5.81. The molecule has 7 heteroatoms. The number of rotatable bonds is 7. The van der Waals surface area contributed by atoms with Gasteiger partial charge in [0, 0.05) is 12.5 Å². The number of ether oxygens (including phenoxy) is 1. The monoisotopic (exact) mass is 370 g/mol. The second-order valence-corrected chi connectivity index (χ2v) is 6.44. The highest BCUT2D eigenvalue weighted by atomic mass is 16.5. The van der Waals surface area contributed by atoms with Crippen molar-refractivity contribution in [3.63, 3.8) is 0 Å². The molecule has 0 aromatic heterocycles. The number of fused-ring (bicyclic) bond motifs is 3. The number of nitrogens with one attached hydrogen (secondary N) is 2. The third-order valence-electron chi connectivity index (χ3n) is 4.55. The van der Waals surface area contributed by atoms with E-state index in [1.807, 2.05) is 48.5 Å². The fourth-order valence-corrected chi connectivity index (χ4v) is 3.27. The quantitative estimate of drug-likeness (QED) is 0.555. The lowest BCUT2D eigenvalue weighted by atomic mass is 9.98. The Morgan fingerprint density at radius 1 is 1.07 bits per heavy atom. The Morgan fingerprint density at radius 2 is 1.63 bits per heavy atom. The van der Waals surface area contributed by atoms with Gasteiger partial charge in [-0.1, -0.05) is 48.5 Å². The number of aliphatic hydroxyl groups excluding tert-OH is 1. The first kappa shape index (κ1) is 18.9. The number of carboxylic acids is 1. The van der Waals surface area contributed by atoms with E-state index in [9.17, 15) is 19.8 Å². The van der Waals surface area contributed by atoms with Gasteiger partial charge in [0.25, 0.3) is 0 Å². The lowest BCUT2D eigenvalue weighted by Crippen LogP contribution is -2.49. The van der Waals surface area contributed by atoms with Crippen molar-refractivity contribution in [3.8, 4) is 11.1 Å². The fourth-order valence-electron chi connectivity index (χ4n) is 3.27. The van der Waals surface area contributed by atoms with E-state index in [1.54, 1.807) is 0 Å². The molecule has 0 spiro atoms. The van der Waals surface area contributed by atoms with Crippen molar-refractivity contribution >= 4 is 12.1 Å². The van der Waals surface area contributed by atoms with Crippen molar-refractivity contribution < 1.29 is 24.5 Å². The third kappa shape index (κ3) is 4.27. The molecule has 0 heterocycles. The van der Waals surface area contributed by atoms with Crippen LogP contribution < -0.4 is 10.6 Å². The molecule has 1 unspecified atom stereocenters. The smallest absolute Gasteiger partial charge is 0.407 e. The van der Waals surface area contributed by atoms with Crippen LogP contribution in [0.2, 0.25) is 0 Å². The summed E-state index contributed by atoms with van der Waals surface area (Å²) in [6.45, 7) is 1.46. The van der Waals surface area contributed by atoms with E-state index in [1.165, 1.54) is 6.92 Å². The molecule has 1 aliphatic rings. The number of carboxylic acid groups (broad SMARTS) is 1. The molecule has 0 saturated carbocycles. The minimum absolute atomic E-state index is 0.0954. The molecule has 2 atom stereocenters. The normalized spacial score (nSPS) is 14.7. The number of aliphatic carboxylic acids is 1. The van der Waals surface area contributed by atoms with Gasteiger partial charge in [0.2, 0.25) is 0 Å². The van der Waals surface area contributed by atoms with Crippen molar-refractivity contribution in [2.45, 2.75) is 25.1 Å². The second kappa shape index (κ2) is 8.20. The maximum absolute atomic E-state index is 12.1. The number of carbonyl (C=O) groups excluding carboxylic acids is 1. The van der Waals surface area contributed by atoms with Crippen molar-refractivity contribution in [2.75, 3.05) is 13.2 Å². The molecule has 2 aromatic rings. The zero-order valence-electron chi connectivity index (χ0n) is 14.9. The minimum atomic E-state index is -1.21. The summed E-state index contributed by atoms with van der Waals surface area (Å²) >= 11 is 0. The van der Waals surface area contributed by atoms with Gasteiger partial charge in [0.1, 0.15) is 18.9 Å². The molecular weight excluding hydrogens is 348 g/mol. The maximum atomic E-state index is 12.1. The van der Waals surface area contributed by atoms with E-state index in [2.05, 4.69) is 10.6 Å². The molecule has 0 fully saturated rings. The third-order valence-corrected chi connectivity index (χ3v) is 4.55. The molecular formula is C20H22N2O5. The van der Waals surface area contributed by atoms with Gasteiger partial charge in [-0.3, -0.25) is 5.32 Å². The molecule has 0 bridgehead atoms. The van der Waals surface area contributed by atoms with Gasteiger partial charge in [-0.15, -0.1) is 0 Å². The molecule has 1 aliphatic carbocycles. The molecule has 3 rings (SSSR count). The maximum Gasteiger partial charge on any atom is 0.407 e. The molecule has 0 radical (unpaired) electrons. The second-order valence-electron chi connectivity index (χ2n) is 6.44. The van der Waals surface area contributed by atoms with Crippen molar-refractivity contribution in [1.82, 2.24) is 10.6 Å². The molecule has 142 valence electrons. The SMILES string of the molecule is C[C@H](O)NCC(NC(=O)OCC1c2ccccc2-c2ccccc21)C(=O)O. The number of benzene rings is 2. The number of aliphatic hydroxyl groups is 1. The molecule has 2 aromatic carbocycles. The Hall–Kier alpha value is -2.90. The van der Waals surface area contributed by atoms with Gasteiger partial charge in [-0.2, -0.15) is 0 Å². The first-order valence-electron chi connectivity index (χ1n) is 8.73. The molecule has 0 saturated heterocycles. The number of hydrogen-bond acceptors (Lipinski definition) is 5. The summed E-state index contributed by atoms with van der Waals surface area (Å²) in [6, 6.07) is 14.7. The predicted molar refractivity (Wildman–Crippen MR) is 99.3 cm³/mol. The minimum Gasteiger partial charge on any atom is -0.480 e. The molecule has 27 heavy (non-hydrogen) atoms. The number of carbonyl (C=O) groups is 2. The predicted octanol–water partition coefficient (Wildman–Crippen LogP) is 1.91. The van der Waals surface area contributed by atoms with Crippen molar-refractivity contribution in [3.05, 3.63) is 59.7 Å². The Balaban J connectivity index is 1.66. The van der Waals surface area contributed by atoms with Gasteiger partial charge in [0.05, 0.1) is 0 Å². The highest BCUT2D eigenvalue weighted by Gasteiger charge is 2.29. The summed E-state index contributed by atoms with van der Waals surface area (Å²) in [7, 11) is 0. The van der Waals surface area contributed by atoms with Gasteiger partial charge < -0.3 is 20.3 Å². The van der Waals surface area contributed by atoms with Crippen LogP contribution in [-0.2, 0) is 9.53 Å². The van der Waals surface area contributed by atoms with Crippen LogP contribution in [0.3, 0.4) is 0 Å². The fraction of sp³-hybridized carbons (Fsp3) is 0.300. The van der Waals surface area contributed by atoms with E-state index >= 15 is 0 Å². The van der Waals surface area contributed by atoms with Crippen LogP contribution in [-0.4, -0.2) is 47.7 Å². The van der Waals surface area contributed by atoms with E-state index in [4.69, 9.17) is 4.74 Å². The zero-order chi connectivity index (χ0) is 19.4. The van der Waals surface area contributed by atoms with Gasteiger partial charge in [0.15, 0.2) is 0 Å². The van der Waals surface area contributed by atoms with E-state index in [-0.39, 0.29) is 19.1 Å². The summed E-state index contributed by atoms with van der Waals surface area (Å²) in [5.41, 5.74) is 4.40. The Morgan fingerprint density at radius 3 is 2.15 bits per heavy atom. The molecule has 7 nitrogen and oxygen atoms in total. The van der Waals surface area contributed by atoms with Crippen LogP contribution in [0, 0.1) is 0 Å². The van der Waals surface area contributed by atoms with Crippen LogP contribution in [0.1, 0.15) is 24.0 Å². The zero-order valence-corrected chi connectivity index (χ0v) is 14.9. The number of hydrogen-bond donors (Lipinski definition) is 4. The molecule has 1 amide bonds. The molecule has 4 N–H and O–H groups in total. The lowest BCUT2D eigenvalue weighted by Gasteiger charge is -2.18. The standard InChI is InChI=1S/C20H22N2O5/c1-12(23)21-10-18(19(24)25)22-20(26)27-11-17-15-8-4-2-6-13(15)14-7-3-5-9-16(14)17/h2-9,12,17-18,21,23H,10-11H2,1H3,(H,22,26)(H,24,25)/t12-,18?/m0/s1. The van der Waals surface area contributed by atoms with E-state index < -0.39 is 24.3 Å². The summed E-state index contributed by atoms with van der Waals surface area (Å²) in [6.07, 6.45) is -1.69. The summed E-state index contributed by atoms with van der Waals surface area (Å²) in [4.78, 5) is 23.3. The van der Waals surface area contributed by atoms with E-state index in [0.717, 1.165) is 22.3 Å². The van der Waals surface area contributed by atoms with Crippen LogP contribution in [0.15, 0.2) is 48.5 Å². The van der Waals surface area contributed by atoms with Gasteiger partial charge in [-0.25, -0.2) is 9.59 Å². The first-order valence-corrected chi connectivity index (χ1v) is 8.73. The summed E-state index contributed by atoms with van der Waals surface area (Å²) in [5.74, 6) is -1.31. The van der Waals surface area contributed by atoms with Crippen molar-refractivity contribution in [1.29, 1.82) is 0 Å². The van der Waals surface area contributed by atoms with Gasteiger partial charge >= 0.3 is 12.1 Å². The average molecular weight is 370 g/mol. The van der Waals surface area contributed by atoms with Crippen molar-refractivity contribution in [2.24, 2.45) is 0 Å². The molecule has 0 aliphatic heterocycles. The van der Waals surface area contributed by atoms with Crippen LogP contribution >= 0.6 is 0 Å². The van der Waals surface area contributed by atoms with Crippen LogP contribution in [0.5, 0.6) is 0 Å². The van der Waals surface area contributed by atoms with Crippen LogP contribution in [0.25, 0.3) is 11.1 Å². The Bertz CT molecular complexity index is 791. The number of alkyl carbamates (subject to hydrolysis) is 1. The Labute approximate surface area is 157 Å². The Kier molecular flexibility index (Phi) is 5.73.